The molecule has 3 aromatic heterocycles. The number of halogens is 1. The first-order chi connectivity index (χ1) is 17.1. The van der Waals surface area contributed by atoms with Gasteiger partial charge in [-0.3, -0.25) is 14.2 Å². The van der Waals surface area contributed by atoms with Crippen molar-refractivity contribution < 1.29 is 9.18 Å². The van der Waals surface area contributed by atoms with Gasteiger partial charge in [-0.1, -0.05) is 12.5 Å². The molecule has 0 amide bonds. The third-order valence-electron chi connectivity index (χ3n) is 6.92. The van der Waals surface area contributed by atoms with Crippen LogP contribution in [0.25, 0.3) is 28.0 Å². The summed E-state index contributed by atoms with van der Waals surface area (Å²) in [6.07, 6.45) is 11.8. The van der Waals surface area contributed by atoms with Gasteiger partial charge < -0.3 is 4.90 Å². The molecule has 1 aliphatic heterocycles. The molecule has 0 N–H and O–H groups in total. The molecule has 0 bridgehead atoms. The summed E-state index contributed by atoms with van der Waals surface area (Å²) in [5, 5.41) is 0. The summed E-state index contributed by atoms with van der Waals surface area (Å²) in [5.41, 5.74) is 5.43. The molecule has 4 aromatic rings. The van der Waals surface area contributed by atoms with Gasteiger partial charge in [-0.25, -0.2) is 9.37 Å². The number of fused-ring (bicyclic) bond motifs is 1. The van der Waals surface area contributed by atoms with Gasteiger partial charge >= 0.3 is 0 Å². The Bertz CT molecular complexity index is 1340. The molecule has 5 nitrogen and oxygen atoms in total. The summed E-state index contributed by atoms with van der Waals surface area (Å²) in [5.74, 6) is -0.112. The van der Waals surface area contributed by atoms with E-state index >= 15 is 0 Å². The number of pyridine rings is 2. The van der Waals surface area contributed by atoms with Crippen LogP contribution < -0.4 is 0 Å². The maximum Gasteiger partial charge on any atom is 0.181 e. The van der Waals surface area contributed by atoms with E-state index in [4.69, 9.17) is 0 Å². The van der Waals surface area contributed by atoms with Gasteiger partial charge in [0.05, 0.1) is 11.9 Å². The van der Waals surface area contributed by atoms with Crippen molar-refractivity contribution in [1.82, 2.24) is 19.3 Å². The lowest BCUT2D eigenvalue weighted by atomic mass is 9.99. The summed E-state index contributed by atoms with van der Waals surface area (Å²) in [7, 11) is 0. The second-order valence-corrected chi connectivity index (χ2v) is 9.44. The number of aromatic nitrogens is 3. The molecule has 0 unspecified atom stereocenters. The summed E-state index contributed by atoms with van der Waals surface area (Å²) in [6.45, 7) is 5.22. The minimum absolute atomic E-state index is 0.119. The summed E-state index contributed by atoms with van der Waals surface area (Å²) in [6, 6.07) is 12.9. The Morgan fingerprint density at radius 3 is 2.66 bits per heavy atom. The Kier molecular flexibility index (Phi) is 7.00. The van der Waals surface area contributed by atoms with E-state index in [0.29, 0.717) is 17.7 Å². The molecule has 5 rings (SSSR count). The van der Waals surface area contributed by atoms with Crippen LogP contribution in [0.15, 0.2) is 61.1 Å². The normalized spacial score (nSPS) is 14.5. The van der Waals surface area contributed by atoms with Crippen molar-refractivity contribution in [1.29, 1.82) is 0 Å². The maximum absolute atomic E-state index is 13.8. The minimum Gasteiger partial charge on any atom is -0.303 e. The zero-order valence-corrected chi connectivity index (χ0v) is 20.2. The van der Waals surface area contributed by atoms with Crippen LogP contribution in [-0.2, 0) is 0 Å². The predicted molar refractivity (Wildman–Crippen MR) is 137 cm³/mol. The quantitative estimate of drug-likeness (QED) is 0.222. The third kappa shape index (κ3) is 5.17. The van der Waals surface area contributed by atoms with Gasteiger partial charge in [-0.2, -0.15) is 0 Å². The summed E-state index contributed by atoms with van der Waals surface area (Å²) < 4.78 is 15.7. The van der Waals surface area contributed by atoms with Crippen LogP contribution in [-0.4, -0.2) is 44.7 Å². The number of ketones is 1. The molecule has 1 aromatic carbocycles. The van der Waals surface area contributed by atoms with Crippen LogP contribution in [0.2, 0.25) is 0 Å². The number of carbonyl (C=O) groups excluding carboxylic acids is 1. The lowest BCUT2D eigenvalue weighted by Crippen LogP contribution is -2.30. The smallest absolute Gasteiger partial charge is 0.181 e. The van der Waals surface area contributed by atoms with Crippen molar-refractivity contribution in [2.45, 2.75) is 45.4 Å². The van der Waals surface area contributed by atoms with E-state index in [9.17, 15) is 9.18 Å². The highest BCUT2D eigenvalue weighted by Gasteiger charge is 2.16. The van der Waals surface area contributed by atoms with Gasteiger partial charge in [-0.15, -0.1) is 0 Å². The molecular formula is C29H31FN4O. The highest BCUT2D eigenvalue weighted by Crippen LogP contribution is 2.31. The van der Waals surface area contributed by atoms with Crippen molar-refractivity contribution >= 4 is 11.4 Å². The number of benzene rings is 1. The van der Waals surface area contributed by atoms with E-state index in [2.05, 4.69) is 14.9 Å². The fraction of sp³-hybridized carbons (Fsp3) is 0.345. The van der Waals surface area contributed by atoms with Gasteiger partial charge in [-0.05, 0) is 94.2 Å². The first-order valence-corrected chi connectivity index (χ1v) is 12.5. The zero-order chi connectivity index (χ0) is 24.2. The molecular weight excluding hydrogens is 439 g/mol. The van der Waals surface area contributed by atoms with Crippen LogP contribution in [0.4, 0.5) is 4.39 Å². The molecule has 35 heavy (non-hydrogen) atoms. The maximum atomic E-state index is 13.8. The third-order valence-corrected chi connectivity index (χ3v) is 6.92. The number of nitrogens with zero attached hydrogens (tertiary/aromatic N) is 4. The highest BCUT2D eigenvalue weighted by molar-refractivity contribution is 5.95. The van der Waals surface area contributed by atoms with Crippen LogP contribution in [0, 0.1) is 12.7 Å². The number of piperidine rings is 1. The number of Topliss-reactive ketones (excluding diaryl/α,β-unsaturated/α-hetero) is 1. The van der Waals surface area contributed by atoms with Gasteiger partial charge in [0.2, 0.25) is 0 Å². The van der Waals surface area contributed by atoms with E-state index in [-0.39, 0.29) is 11.6 Å². The number of imidazole rings is 1. The van der Waals surface area contributed by atoms with Crippen molar-refractivity contribution in [3.8, 4) is 22.4 Å². The van der Waals surface area contributed by atoms with E-state index in [1.807, 2.05) is 40.9 Å². The molecule has 6 heteroatoms. The lowest BCUT2D eigenvalue weighted by Gasteiger charge is -2.26. The Labute approximate surface area is 205 Å². The highest BCUT2D eigenvalue weighted by atomic mass is 19.1. The molecule has 0 aliphatic carbocycles. The minimum atomic E-state index is -0.231. The zero-order valence-electron chi connectivity index (χ0n) is 20.2. The Balaban J connectivity index is 1.36. The molecule has 180 valence electrons. The Morgan fingerprint density at radius 2 is 1.83 bits per heavy atom. The standard InChI is InChI=1S/C29H31FN4O/c1-21-18-22(10-12-25(21)30)29-24(8-7-14-31-29)23-11-13-28-32-19-26(34(28)20-23)27(35)9-3-6-17-33-15-4-2-5-16-33/h7-8,10-14,18-20H,2-6,9,15-17H2,1H3. The fourth-order valence-electron chi connectivity index (χ4n) is 4.94. The van der Waals surface area contributed by atoms with Gasteiger partial charge in [0.25, 0.3) is 0 Å². The van der Waals surface area contributed by atoms with Gasteiger partial charge in [0.1, 0.15) is 17.2 Å². The van der Waals surface area contributed by atoms with Gasteiger partial charge in [0.15, 0.2) is 5.78 Å². The fourth-order valence-corrected chi connectivity index (χ4v) is 4.94. The molecule has 0 spiro atoms. The molecule has 1 aliphatic rings. The van der Waals surface area contributed by atoms with Crippen LogP contribution >= 0.6 is 0 Å². The molecule has 1 saturated heterocycles. The number of unbranched alkanes of at least 4 members (excludes halogenated alkanes) is 1. The van der Waals surface area contributed by atoms with E-state index < -0.39 is 0 Å². The topological polar surface area (TPSA) is 50.5 Å². The largest absolute Gasteiger partial charge is 0.303 e. The first kappa shape index (κ1) is 23.4. The second-order valence-electron chi connectivity index (χ2n) is 9.44. The van der Waals surface area contributed by atoms with E-state index in [0.717, 1.165) is 47.4 Å². The first-order valence-electron chi connectivity index (χ1n) is 12.5. The summed E-state index contributed by atoms with van der Waals surface area (Å²) in [4.78, 5) is 24.6. The molecule has 0 atom stereocenters. The Morgan fingerprint density at radius 1 is 1.00 bits per heavy atom. The molecule has 0 radical (unpaired) electrons. The Hall–Kier alpha value is -3.38. The number of hydrogen-bond donors (Lipinski definition) is 0. The number of likely N-dealkylation sites (tertiary alicyclic amines) is 1. The van der Waals surface area contributed by atoms with Gasteiger partial charge in [0, 0.05) is 35.5 Å². The number of carbonyl (C=O) groups is 1. The van der Waals surface area contributed by atoms with Crippen LogP contribution in [0.1, 0.15) is 54.6 Å². The summed E-state index contributed by atoms with van der Waals surface area (Å²) >= 11 is 0. The molecule has 4 heterocycles. The van der Waals surface area contributed by atoms with E-state index in [1.54, 1.807) is 25.4 Å². The number of hydrogen-bond acceptors (Lipinski definition) is 4. The van der Waals surface area contributed by atoms with Crippen molar-refractivity contribution in [2.24, 2.45) is 0 Å². The number of aryl methyl sites for hydroxylation is 1. The molecule has 0 saturated carbocycles. The van der Waals surface area contributed by atoms with Crippen molar-refractivity contribution in [3.63, 3.8) is 0 Å². The molecule has 1 fully saturated rings. The van der Waals surface area contributed by atoms with Crippen molar-refractivity contribution in [3.05, 3.63) is 78.1 Å². The van der Waals surface area contributed by atoms with Crippen LogP contribution in [0.3, 0.4) is 0 Å². The van der Waals surface area contributed by atoms with Crippen LogP contribution in [0.5, 0.6) is 0 Å². The van der Waals surface area contributed by atoms with E-state index in [1.165, 1.54) is 38.4 Å². The average molecular weight is 471 g/mol. The number of rotatable bonds is 8. The predicted octanol–water partition coefficient (Wildman–Crippen LogP) is 6.35. The monoisotopic (exact) mass is 470 g/mol. The second kappa shape index (κ2) is 10.5. The van der Waals surface area contributed by atoms with Crippen molar-refractivity contribution in [2.75, 3.05) is 19.6 Å². The average Bonchev–Trinajstić information content (AvgIpc) is 3.32. The SMILES string of the molecule is Cc1cc(-c2ncccc2-c2ccc3ncc(C(=O)CCCCN4CCCCC4)n3c2)ccc1F. The lowest BCUT2D eigenvalue weighted by molar-refractivity contribution is 0.0971.